The van der Waals surface area contributed by atoms with Crippen LogP contribution in [0.2, 0.25) is 4.47 Å². The first-order chi connectivity index (χ1) is 6.79. The van der Waals surface area contributed by atoms with E-state index in [1.54, 1.807) is 13.3 Å². The average Bonchev–Trinajstić information content (AvgIpc) is 2.65. The fourth-order valence-electron chi connectivity index (χ4n) is 1.14. The summed E-state index contributed by atoms with van der Waals surface area (Å²) >= 11 is 7.22. The summed E-state index contributed by atoms with van der Waals surface area (Å²) in [4.78, 5) is 5.06. The third-order valence-corrected chi connectivity index (χ3v) is 3.02. The molecule has 0 aliphatic rings. The van der Waals surface area contributed by atoms with Gasteiger partial charge in [-0.1, -0.05) is 11.6 Å². The number of hydrogen-bond acceptors (Lipinski definition) is 3. The first kappa shape index (κ1) is 9.49. The van der Waals surface area contributed by atoms with Crippen LogP contribution in [0.4, 0.5) is 0 Å². The molecule has 72 valence electrons. The van der Waals surface area contributed by atoms with Gasteiger partial charge in [-0.2, -0.15) is 0 Å². The largest absolute Gasteiger partial charge is 0.497 e. The molecule has 0 aliphatic heterocycles. The Hall–Kier alpha value is -1.06. The number of aromatic nitrogens is 1. The first-order valence-electron chi connectivity index (χ1n) is 4.05. The van der Waals surface area contributed by atoms with Gasteiger partial charge in [0.15, 0.2) is 4.47 Å². The van der Waals surface area contributed by atoms with Crippen LogP contribution in [0.15, 0.2) is 30.5 Å². The van der Waals surface area contributed by atoms with Gasteiger partial charge in [-0.3, -0.25) is 0 Å². The van der Waals surface area contributed by atoms with E-state index >= 15 is 0 Å². The number of nitrogens with zero attached hydrogens (tertiary/aromatic N) is 1. The van der Waals surface area contributed by atoms with Crippen molar-refractivity contribution in [3.05, 3.63) is 34.9 Å². The quantitative estimate of drug-likeness (QED) is 0.781. The Morgan fingerprint density at radius 3 is 2.50 bits per heavy atom. The van der Waals surface area contributed by atoms with E-state index in [2.05, 4.69) is 4.98 Å². The van der Waals surface area contributed by atoms with Gasteiger partial charge in [0.2, 0.25) is 0 Å². The Morgan fingerprint density at radius 2 is 2.00 bits per heavy atom. The van der Waals surface area contributed by atoms with Crippen LogP contribution in [-0.2, 0) is 0 Å². The molecule has 4 heteroatoms. The van der Waals surface area contributed by atoms with Gasteiger partial charge in [0.05, 0.1) is 12.0 Å². The molecular weight excluding hydrogens is 218 g/mol. The number of methoxy groups -OCH3 is 1. The van der Waals surface area contributed by atoms with Crippen molar-refractivity contribution < 1.29 is 4.74 Å². The lowest BCUT2D eigenvalue weighted by molar-refractivity contribution is 0.415. The molecule has 0 aliphatic carbocycles. The van der Waals surface area contributed by atoms with E-state index < -0.39 is 0 Å². The van der Waals surface area contributed by atoms with Gasteiger partial charge in [0.25, 0.3) is 0 Å². The van der Waals surface area contributed by atoms with E-state index in [1.165, 1.54) is 11.3 Å². The van der Waals surface area contributed by atoms with Crippen molar-refractivity contribution in [2.75, 3.05) is 7.11 Å². The topological polar surface area (TPSA) is 22.1 Å². The smallest absolute Gasteiger partial charge is 0.184 e. The zero-order valence-electron chi connectivity index (χ0n) is 7.53. The summed E-state index contributed by atoms with van der Waals surface area (Å²) in [6.45, 7) is 0. The first-order valence-corrected chi connectivity index (χ1v) is 5.25. The van der Waals surface area contributed by atoms with E-state index in [-0.39, 0.29) is 0 Å². The van der Waals surface area contributed by atoms with Crippen molar-refractivity contribution in [3.63, 3.8) is 0 Å². The molecule has 0 radical (unpaired) electrons. The Morgan fingerprint density at radius 1 is 1.29 bits per heavy atom. The van der Waals surface area contributed by atoms with Crippen molar-refractivity contribution in [1.29, 1.82) is 0 Å². The Kier molecular flexibility index (Phi) is 2.70. The average molecular weight is 226 g/mol. The minimum absolute atomic E-state index is 0.566. The molecule has 0 amide bonds. The standard InChI is InChI=1S/C10H8ClNOS/c1-13-8-4-2-7(3-5-8)9-6-12-10(11)14-9/h2-6H,1H3. The van der Waals surface area contributed by atoms with Crippen molar-refractivity contribution in [2.24, 2.45) is 0 Å². The summed E-state index contributed by atoms with van der Waals surface area (Å²) in [6, 6.07) is 7.82. The van der Waals surface area contributed by atoms with Gasteiger partial charge in [-0.15, -0.1) is 11.3 Å². The van der Waals surface area contributed by atoms with Gasteiger partial charge >= 0.3 is 0 Å². The molecule has 2 rings (SSSR count). The number of ether oxygens (including phenoxy) is 1. The van der Waals surface area contributed by atoms with E-state index in [1.807, 2.05) is 24.3 Å². The molecule has 0 saturated heterocycles. The monoisotopic (exact) mass is 225 g/mol. The van der Waals surface area contributed by atoms with Gasteiger partial charge in [0.1, 0.15) is 5.75 Å². The maximum Gasteiger partial charge on any atom is 0.184 e. The number of halogens is 1. The Labute approximate surface area is 91.1 Å². The van der Waals surface area contributed by atoms with Crippen LogP contribution >= 0.6 is 22.9 Å². The van der Waals surface area contributed by atoms with Crippen LogP contribution in [0.3, 0.4) is 0 Å². The summed E-state index contributed by atoms with van der Waals surface area (Å²) in [5, 5.41) is 0. The molecule has 1 heterocycles. The van der Waals surface area contributed by atoms with E-state index in [0.29, 0.717) is 4.47 Å². The van der Waals surface area contributed by atoms with Gasteiger partial charge in [-0.05, 0) is 29.8 Å². The predicted octanol–water partition coefficient (Wildman–Crippen LogP) is 3.47. The van der Waals surface area contributed by atoms with E-state index in [9.17, 15) is 0 Å². The molecule has 0 N–H and O–H groups in total. The molecule has 0 bridgehead atoms. The van der Waals surface area contributed by atoms with Crippen LogP contribution < -0.4 is 4.74 Å². The highest BCUT2D eigenvalue weighted by Gasteiger charge is 2.02. The minimum atomic E-state index is 0.566. The van der Waals surface area contributed by atoms with Gasteiger partial charge in [0, 0.05) is 6.20 Å². The molecule has 1 aromatic carbocycles. The van der Waals surface area contributed by atoms with Gasteiger partial charge < -0.3 is 4.74 Å². The molecule has 0 spiro atoms. The van der Waals surface area contributed by atoms with Gasteiger partial charge in [-0.25, -0.2) is 4.98 Å². The molecule has 14 heavy (non-hydrogen) atoms. The number of benzene rings is 1. The van der Waals surface area contributed by atoms with Crippen LogP contribution in [-0.4, -0.2) is 12.1 Å². The summed E-state index contributed by atoms with van der Waals surface area (Å²) < 4.78 is 5.64. The molecule has 2 aromatic rings. The number of rotatable bonds is 2. The lowest BCUT2D eigenvalue weighted by Gasteiger charge is -1.99. The fraction of sp³-hybridized carbons (Fsp3) is 0.100. The van der Waals surface area contributed by atoms with Crippen LogP contribution in [0, 0.1) is 0 Å². The van der Waals surface area contributed by atoms with E-state index in [0.717, 1.165) is 16.2 Å². The third-order valence-electron chi connectivity index (χ3n) is 1.85. The lowest BCUT2D eigenvalue weighted by Crippen LogP contribution is -1.81. The van der Waals surface area contributed by atoms with Crippen molar-refractivity contribution >= 4 is 22.9 Å². The predicted molar refractivity (Wildman–Crippen MR) is 59.1 cm³/mol. The second-order valence-corrected chi connectivity index (χ2v) is 4.32. The number of hydrogen-bond donors (Lipinski definition) is 0. The molecular formula is C10H8ClNOS. The second-order valence-electron chi connectivity index (χ2n) is 2.71. The highest BCUT2D eigenvalue weighted by atomic mass is 35.5. The summed E-state index contributed by atoms with van der Waals surface area (Å²) in [5.41, 5.74) is 1.11. The molecule has 0 atom stereocenters. The van der Waals surface area contributed by atoms with Crippen molar-refractivity contribution in [1.82, 2.24) is 4.98 Å². The molecule has 0 saturated carbocycles. The lowest BCUT2D eigenvalue weighted by atomic mass is 10.2. The maximum absolute atomic E-state index is 5.75. The second kappa shape index (κ2) is 3.98. The Balaban J connectivity index is 2.33. The highest BCUT2D eigenvalue weighted by molar-refractivity contribution is 7.18. The van der Waals surface area contributed by atoms with Crippen molar-refractivity contribution in [2.45, 2.75) is 0 Å². The molecule has 0 unspecified atom stereocenters. The van der Waals surface area contributed by atoms with E-state index in [4.69, 9.17) is 16.3 Å². The fourth-order valence-corrected chi connectivity index (χ4v) is 2.09. The molecule has 0 fully saturated rings. The summed E-state index contributed by atoms with van der Waals surface area (Å²) in [6.07, 6.45) is 1.77. The SMILES string of the molecule is COc1ccc(-c2cnc(Cl)s2)cc1. The minimum Gasteiger partial charge on any atom is -0.497 e. The summed E-state index contributed by atoms with van der Waals surface area (Å²) in [5.74, 6) is 0.851. The zero-order valence-corrected chi connectivity index (χ0v) is 9.10. The zero-order chi connectivity index (χ0) is 9.97. The highest BCUT2D eigenvalue weighted by Crippen LogP contribution is 2.29. The van der Waals surface area contributed by atoms with Crippen LogP contribution in [0.5, 0.6) is 5.75 Å². The van der Waals surface area contributed by atoms with Crippen LogP contribution in [0.25, 0.3) is 10.4 Å². The Bertz CT molecular complexity index is 424. The number of thiazole rings is 1. The molecule has 2 nitrogen and oxygen atoms in total. The summed E-state index contributed by atoms with van der Waals surface area (Å²) in [7, 11) is 1.65. The molecule has 1 aromatic heterocycles. The normalized spacial score (nSPS) is 10.1. The third kappa shape index (κ3) is 1.89. The van der Waals surface area contributed by atoms with Crippen molar-refractivity contribution in [3.8, 4) is 16.2 Å². The van der Waals surface area contributed by atoms with Crippen LogP contribution in [0.1, 0.15) is 0 Å². The maximum atomic E-state index is 5.75.